The van der Waals surface area contributed by atoms with Crippen molar-refractivity contribution in [3.05, 3.63) is 39.6 Å². The molecule has 0 aliphatic heterocycles. The number of anilines is 1. The van der Waals surface area contributed by atoms with Crippen LogP contribution in [0.5, 0.6) is 11.5 Å². The third kappa shape index (κ3) is 4.07. The second-order valence-electron chi connectivity index (χ2n) is 4.53. The molecule has 1 heterocycles. The molecular weight excluding hydrogens is 296 g/mol. The molecule has 0 amide bonds. The number of thiophene rings is 1. The maximum atomic E-state index is 12.4. The zero-order chi connectivity index (χ0) is 15.4. The lowest BCUT2D eigenvalue weighted by Crippen LogP contribution is -2.07. The van der Waals surface area contributed by atoms with Crippen molar-refractivity contribution in [2.45, 2.75) is 27.0 Å². The Morgan fingerprint density at radius 1 is 1.24 bits per heavy atom. The number of alkyl halides is 2. The van der Waals surface area contributed by atoms with Crippen LogP contribution in [-0.2, 0) is 6.54 Å². The Morgan fingerprint density at radius 3 is 2.57 bits per heavy atom. The van der Waals surface area contributed by atoms with Crippen LogP contribution in [0.2, 0.25) is 0 Å². The Kier molecular flexibility index (Phi) is 5.01. The van der Waals surface area contributed by atoms with E-state index < -0.39 is 6.61 Å². The van der Waals surface area contributed by atoms with E-state index in [4.69, 9.17) is 4.74 Å². The largest absolute Gasteiger partial charge is 0.497 e. The monoisotopic (exact) mass is 313 g/mol. The molecular formula is C15H17F2NO2S. The molecule has 0 saturated heterocycles. The van der Waals surface area contributed by atoms with Crippen LogP contribution in [0, 0.1) is 13.8 Å². The Labute approximate surface area is 126 Å². The van der Waals surface area contributed by atoms with Gasteiger partial charge >= 0.3 is 6.61 Å². The van der Waals surface area contributed by atoms with Gasteiger partial charge < -0.3 is 14.8 Å². The number of ether oxygens (including phenoxy) is 2. The minimum Gasteiger partial charge on any atom is -0.497 e. The van der Waals surface area contributed by atoms with Crippen LogP contribution in [0.25, 0.3) is 0 Å². The van der Waals surface area contributed by atoms with Crippen molar-refractivity contribution < 1.29 is 18.3 Å². The van der Waals surface area contributed by atoms with Crippen molar-refractivity contribution in [3.63, 3.8) is 0 Å². The average molecular weight is 313 g/mol. The van der Waals surface area contributed by atoms with Gasteiger partial charge in [0.05, 0.1) is 12.8 Å². The van der Waals surface area contributed by atoms with E-state index in [2.05, 4.69) is 16.1 Å². The van der Waals surface area contributed by atoms with Crippen LogP contribution < -0.4 is 14.8 Å². The van der Waals surface area contributed by atoms with E-state index >= 15 is 0 Å². The number of rotatable bonds is 6. The van der Waals surface area contributed by atoms with Crippen molar-refractivity contribution in [2.75, 3.05) is 12.4 Å². The lowest BCUT2D eigenvalue weighted by molar-refractivity contribution is -0.0494. The summed E-state index contributed by atoms with van der Waals surface area (Å²) in [4.78, 5) is 2.43. The third-order valence-electron chi connectivity index (χ3n) is 3.02. The molecule has 0 bridgehead atoms. The van der Waals surface area contributed by atoms with E-state index in [1.165, 1.54) is 22.9 Å². The minimum atomic E-state index is -2.86. The fourth-order valence-corrected chi connectivity index (χ4v) is 2.97. The first-order valence-electron chi connectivity index (χ1n) is 6.42. The lowest BCUT2D eigenvalue weighted by Gasteiger charge is -2.14. The number of hydrogen-bond acceptors (Lipinski definition) is 4. The van der Waals surface area contributed by atoms with E-state index in [-0.39, 0.29) is 5.75 Å². The van der Waals surface area contributed by atoms with Gasteiger partial charge in [0.1, 0.15) is 11.5 Å². The summed E-state index contributed by atoms with van der Waals surface area (Å²) in [7, 11) is 1.53. The molecule has 0 aliphatic carbocycles. The van der Waals surface area contributed by atoms with Gasteiger partial charge in [0, 0.05) is 22.4 Å². The molecule has 0 radical (unpaired) electrons. The highest BCUT2D eigenvalue weighted by molar-refractivity contribution is 7.12. The number of methoxy groups -OCH3 is 1. The highest BCUT2D eigenvalue weighted by Crippen LogP contribution is 2.31. The SMILES string of the molecule is COc1ccc(OC(F)F)c(NCc2cc(C)sc2C)c1. The molecule has 0 aliphatic rings. The summed E-state index contributed by atoms with van der Waals surface area (Å²) in [6.07, 6.45) is 0. The highest BCUT2D eigenvalue weighted by atomic mass is 32.1. The summed E-state index contributed by atoms with van der Waals surface area (Å²) in [5.74, 6) is 0.688. The summed E-state index contributed by atoms with van der Waals surface area (Å²) >= 11 is 1.71. The second-order valence-corrected chi connectivity index (χ2v) is 5.99. The molecule has 0 spiro atoms. The van der Waals surface area contributed by atoms with Crippen LogP contribution in [-0.4, -0.2) is 13.7 Å². The van der Waals surface area contributed by atoms with Gasteiger partial charge in [0.25, 0.3) is 0 Å². The van der Waals surface area contributed by atoms with Crippen LogP contribution in [0.15, 0.2) is 24.3 Å². The Bertz CT molecular complexity index is 614. The predicted octanol–water partition coefficient (Wildman–Crippen LogP) is 4.59. The summed E-state index contributed by atoms with van der Waals surface area (Å²) < 4.78 is 34.5. The molecule has 1 aromatic carbocycles. The molecule has 3 nitrogen and oxygen atoms in total. The van der Waals surface area contributed by atoms with Crippen LogP contribution >= 0.6 is 11.3 Å². The number of aryl methyl sites for hydroxylation is 2. The number of benzene rings is 1. The van der Waals surface area contributed by atoms with Crippen LogP contribution in [0.1, 0.15) is 15.3 Å². The van der Waals surface area contributed by atoms with Crippen molar-refractivity contribution >= 4 is 17.0 Å². The first kappa shape index (κ1) is 15.6. The molecule has 114 valence electrons. The van der Waals surface area contributed by atoms with Gasteiger partial charge in [-0.3, -0.25) is 0 Å². The molecule has 2 rings (SSSR count). The molecule has 1 N–H and O–H groups in total. The fraction of sp³-hybridized carbons (Fsp3) is 0.333. The minimum absolute atomic E-state index is 0.107. The maximum absolute atomic E-state index is 12.4. The topological polar surface area (TPSA) is 30.5 Å². The van der Waals surface area contributed by atoms with E-state index in [0.717, 1.165) is 5.56 Å². The molecule has 2 aromatic rings. The fourth-order valence-electron chi connectivity index (χ4n) is 2.02. The van der Waals surface area contributed by atoms with E-state index in [1.807, 2.05) is 13.8 Å². The number of nitrogens with one attached hydrogen (secondary N) is 1. The quantitative estimate of drug-likeness (QED) is 0.846. The Hall–Kier alpha value is -1.82. The molecule has 0 saturated carbocycles. The van der Waals surface area contributed by atoms with Gasteiger partial charge in [-0.2, -0.15) is 8.78 Å². The van der Waals surface area contributed by atoms with Gasteiger partial charge in [-0.1, -0.05) is 0 Å². The first-order valence-corrected chi connectivity index (χ1v) is 7.24. The van der Waals surface area contributed by atoms with Crippen molar-refractivity contribution in [2.24, 2.45) is 0 Å². The van der Waals surface area contributed by atoms with Crippen molar-refractivity contribution in [3.8, 4) is 11.5 Å². The van der Waals surface area contributed by atoms with Gasteiger partial charge in [0.2, 0.25) is 0 Å². The maximum Gasteiger partial charge on any atom is 0.387 e. The zero-order valence-electron chi connectivity index (χ0n) is 12.1. The van der Waals surface area contributed by atoms with Crippen LogP contribution in [0.3, 0.4) is 0 Å². The second kappa shape index (κ2) is 6.76. The molecule has 0 unspecified atom stereocenters. The molecule has 6 heteroatoms. The molecule has 1 aromatic heterocycles. The summed E-state index contributed by atoms with van der Waals surface area (Å²) in [6, 6.07) is 6.79. The first-order chi connectivity index (χ1) is 9.99. The van der Waals surface area contributed by atoms with Crippen molar-refractivity contribution in [1.82, 2.24) is 0 Å². The molecule has 0 fully saturated rings. The van der Waals surface area contributed by atoms with Gasteiger partial charge in [-0.25, -0.2) is 0 Å². The van der Waals surface area contributed by atoms with E-state index in [9.17, 15) is 8.78 Å². The third-order valence-corrected chi connectivity index (χ3v) is 4.02. The highest BCUT2D eigenvalue weighted by Gasteiger charge is 2.11. The van der Waals surface area contributed by atoms with Crippen LogP contribution in [0.4, 0.5) is 14.5 Å². The summed E-state index contributed by atoms with van der Waals surface area (Å²) in [5, 5.41) is 3.13. The molecule has 21 heavy (non-hydrogen) atoms. The Balaban J connectivity index is 2.18. The number of halogens is 2. The lowest BCUT2D eigenvalue weighted by atomic mass is 10.2. The van der Waals surface area contributed by atoms with Gasteiger partial charge in [-0.05, 0) is 37.6 Å². The average Bonchev–Trinajstić information content (AvgIpc) is 2.75. The Morgan fingerprint density at radius 2 is 2.00 bits per heavy atom. The van der Waals surface area contributed by atoms with Gasteiger partial charge in [0.15, 0.2) is 0 Å². The smallest absolute Gasteiger partial charge is 0.387 e. The summed E-state index contributed by atoms with van der Waals surface area (Å²) in [5.41, 5.74) is 1.63. The van der Waals surface area contributed by atoms with Gasteiger partial charge in [-0.15, -0.1) is 11.3 Å². The number of hydrogen-bond donors (Lipinski definition) is 1. The van der Waals surface area contributed by atoms with E-state index in [0.29, 0.717) is 18.0 Å². The normalized spacial score (nSPS) is 10.8. The zero-order valence-corrected chi connectivity index (χ0v) is 12.9. The molecule has 0 atom stereocenters. The summed E-state index contributed by atoms with van der Waals surface area (Å²) in [6.45, 7) is 1.77. The van der Waals surface area contributed by atoms with E-state index in [1.54, 1.807) is 23.5 Å². The standard InChI is InChI=1S/C15H17F2NO2S/c1-9-6-11(10(2)21-9)8-18-13-7-12(19-3)4-5-14(13)20-15(16)17/h4-7,15,18H,8H2,1-3H3. The van der Waals surface area contributed by atoms with Crippen molar-refractivity contribution in [1.29, 1.82) is 0 Å². The predicted molar refractivity (Wildman–Crippen MR) is 80.7 cm³/mol.